The Hall–Kier alpha value is -0.710. The highest BCUT2D eigenvalue weighted by atomic mass is 19.3. The predicted octanol–water partition coefficient (Wildman–Crippen LogP) is -0.189. The van der Waals surface area contributed by atoms with E-state index in [2.05, 4.69) is 0 Å². The minimum absolute atomic E-state index is 0.374. The summed E-state index contributed by atoms with van der Waals surface area (Å²) in [7, 11) is 1.47. The predicted molar refractivity (Wildman–Crippen MR) is 35.2 cm³/mol. The lowest BCUT2D eigenvalue weighted by Gasteiger charge is -2.13. The van der Waals surface area contributed by atoms with E-state index in [-0.39, 0.29) is 6.54 Å². The molecule has 1 rings (SSSR count). The van der Waals surface area contributed by atoms with E-state index in [0.29, 0.717) is 0 Å². The minimum Gasteiger partial charge on any atom is -0.368 e. The van der Waals surface area contributed by atoms with E-state index >= 15 is 0 Å². The highest BCUT2D eigenvalue weighted by Gasteiger charge is 2.45. The smallest absolute Gasteiger partial charge is 0.262 e. The normalized spacial score (nSPS) is 30.6. The number of nitrogens with two attached hydrogens (primary N) is 1. The van der Waals surface area contributed by atoms with Crippen molar-refractivity contribution in [2.75, 3.05) is 13.6 Å². The van der Waals surface area contributed by atoms with Crippen LogP contribution in [0.2, 0.25) is 0 Å². The number of rotatable bonds is 1. The van der Waals surface area contributed by atoms with E-state index in [1.165, 1.54) is 11.9 Å². The van der Waals surface area contributed by atoms with Crippen molar-refractivity contribution in [2.45, 2.75) is 18.4 Å². The summed E-state index contributed by atoms with van der Waals surface area (Å²) in [6, 6.07) is -0.801. The summed E-state index contributed by atoms with van der Waals surface area (Å²) in [5, 5.41) is 0. The monoisotopic (exact) mass is 164 g/mol. The van der Waals surface area contributed by atoms with Gasteiger partial charge in [-0.05, 0) is 7.05 Å². The van der Waals surface area contributed by atoms with Crippen LogP contribution in [0.15, 0.2) is 0 Å². The van der Waals surface area contributed by atoms with Gasteiger partial charge in [-0.15, -0.1) is 0 Å². The third-order valence-corrected chi connectivity index (χ3v) is 1.83. The van der Waals surface area contributed by atoms with Crippen molar-refractivity contribution in [1.29, 1.82) is 0 Å². The van der Waals surface area contributed by atoms with E-state index in [1.807, 2.05) is 0 Å². The lowest BCUT2D eigenvalue weighted by atomic mass is 10.2. The molecule has 2 N–H and O–H groups in total. The third-order valence-electron chi connectivity index (χ3n) is 1.83. The fourth-order valence-corrected chi connectivity index (χ4v) is 1.30. The van der Waals surface area contributed by atoms with Gasteiger partial charge in [0.1, 0.15) is 0 Å². The van der Waals surface area contributed by atoms with Crippen LogP contribution >= 0.6 is 0 Å². The summed E-state index contributed by atoms with van der Waals surface area (Å²) < 4.78 is 25.1. The topological polar surface area (TPSA) is 46.3 Å². The fraction of sp³-hybridized carbons (Fsp3) is 0.833. The number of amides is 1. The standard InChI is InChI=1S/C6H10F2N2O/c1-10-3-6(7,8)2-4(10)5(9)11/h4H,2-3H2,1H3,(H2,9,11)/t4-/m0/s1. The van der Waals surface area contributed by atoms with Crippen LogP contribution in [0.3, 0.4) is 0 Å². The highest BCUT2D eigenvalue weighted by molar-refractivity contribution is 5.80. The molecule has 1 aliphatic rings. The molecule has 11 heavy (non-hydrogen) atoms. The molecule has 3 nitrogen and oxygen atoms in total. The Morgan fingerprint density at radius 1 is 1.73 bits per heavy atom. The molecule has 0 aromatic heterocycles. The van der Waals surface area contributed by atoms with E-state index in [0.717, 1.165) is 0 Å². The maximum atomic E-state index is 12.6. The van der Waals surface area contributed by atoms with Crippen LogP contribution in [0, 0.1) is 0 Å². The zero-order valence-corrected chi connectivity index (χ0v) is 6.18. The van der Waals surface area contributed by atoms with E-state index in [4.69, 9.17) is 5.73 Å². The molecule has 0 unspecified atom stereocenters. The number of halogens is 2. The zero-order chi connectivity index (χ0) is 8.65. The molecule has 0 spiro atoms. The van der Waals surface area contributed by atoms with E-state index in [1.54, 1.807) is 0 Å². The van der Waals surface area contributed by atoms with Gasteiger partial charge in [0.25, 0.3) is 5.92 Å². The molecule has 64 valence electrons. The molecule has 1 heterocycles. The Bertz CT molecular complexity index is 183. The summed E-state index contributed by atoms with van der Waals surface area (Å²) in [4.78, 5) is 11.8. The molecule has 1 amide bonds. The summed E-state index contributed by atoms with van der Waals surface area (Å²) in [6.07, 6.45) is -0.446. The molecule has 0 aliphatic carbocycles. The number of likely N-dealkylation sites (tertiary alicyclic amines) is 1. The van der Waals surface area contributed by atoms with Gasteiger partial charge in [0, 0.05) is 6.42 Å². The first kappa shape index (κ1) is 8.39. The van der Waals surface area contributed by atoms with E-state index in [9.17, 15) is 13.6 Å². The van der Waals surface area contributed by atoms with Gasteiger partial charge in [0.2, 0.25) is 5.91 Å². The molecule has 1 saturated heterocycles. The minimum atomic E-state index is -2.76. The molecule has 0 saturated carbocycles. The molecule has 0 aromatic carbocycles. The average Bonchev–Trinajstić information content (AvgIpc) is 2.05. The summed E-state index contributed by atoms with van der Waals surface area (Å²) in [5.41, 5.74) is 4.90. The Balaban J connectivity index is 2.66. The zero-order valence-electron chi connectivity index (χ0n) is 6.18. The molecule has 1 atom stereocenters. The van der Waals surface area contributed by atoms with Crippen molar-refractivity contribution in [3.05, 3.63) is 0 Å². The maximum absolute atomic E-state index is 12.6. The Morgan fingerprint density at radius 2 is 2.27 bits per heavy atom. The molecule has 1 aliphatic heterocycles. The summed E-state index contributed by atoms with van der Waals surface area (Å²) >= 11 is 0. The van der Waals surface area contributed by atoms with Crippen molar-refractivity contribution in [3.63, 3.8) is 0 Å². The number of likely N-dealkylation sites (N-methyl/N-ethyl adjacent to an activating group) is 1. The number of nitrogens with zero attached hydrogens (tertiary/aromatic N) is 1. The fourth-order valence-electron chi connectivity index (χ4n) is 1.30. The van der Waals surface area contributed by atoms with Gasteiger partial charge >= 0.3 is 0 Å². The molecular weight excluding hydrogens is 154 g/mol. The Kier molecular flexibility index (Phi) is 1.83. The van der Waals surface area contributed by atoms with Crippen LogP contribution in [0.1, 0.15) is 6.42 Å². The Morgan fingerprint density at radius 3 is 2.45 bits per heavy atom. The molecule has 5 heteroatoms. The van der Waals surface area contributed by atoms with Gasteiger partial charge < -0.3 is 5.73 Å². The van der Waals surface area contributed by atoms with Gasteiger partial charge in [-0.3, -0.25) is 9.69 Å². The van der Waals surface area contributed by atoms with Gasteiger partial charge in [-0.2, -0.15) is 0 Å². The van der Waals surface area contributed by atoms with Gasteiger partial charge in [0.05, 0.1) is 12.6 Å². The number of primary amides is 1. The highest BCUT2D eigenvalue weighted by Crippen LogP contribution is 2.30. The second-order valence-corrected chi connectivity index (χ2v) is 2.89. The first-order chi connectivity index (χ1) is 4.92. The lowest BCUT2D eigenvalue weighted by molar-refractivity contribution is -0.122. The van der Waals surface area contributed by atoms with Crippen molar-refractivity contribution in [2.24, 2.45) is 5.73 Å². The van der Waals surface area contributed by atoms with Crippen LogP contribution in [0.4, 0.5) is 8.78 Å². The van der Waals surface area contributed by atoms with Crippen molar-refractivity contribution in [3.8, 4) is 0 Å². The number of alkyl halides is 2. The van der Waals surface area contributed by atoms with Gasteiger partial charge in [-0.25, -0.2) is 8.78 Å². The molecule has 0 radical (unpaired) electrons. The number of hydrogen-bond donors (Lipinski definition) is 1. The molecular formula is C6H10F2N2O. The van der Waals surface area contributed by atoms with Gasteiger partial charge in [0.15, 0.2) is 0 Å². The first-order valence-corrected chi connectivity index (χ1v) is 3.30. The number of hydrogen-bond acceptors (Lipinski definition) is 2. The van der Waals surface area contributed by atoms with Crippen molar-refractivity contribution >= 4 is 5.91 Å². The van der Waals surface area contributed by atoms with Crippen LogP contribution in [0.5, 0.6) is 0 Å². The third kappa shape index (κ3) is 1.65. The summed E-state index contributed by atoms with van der Waals surface area (Å²) in [6.45, 7) is -0.374. The van der Waals surface area contributed by atoms with Crippen molar-refractivity contribution < 1.29 is 13.6 Å². The molecule has 0 aromatic rings. The average molecular weight is 164 g/mol. The van der Waals surface area contributed by atoms with Crippen LogP contribution in [0.25, 0.3) is 0 Å². The van der Waals surface area contributed by atoms with Crippen molar-refractivity contribution in [1.82, 2.24) is 4.90 Å². The van der Waals surface area contributed by atoms with Crippen LogP contribution < -0.4 is 5.73 Å². The van der Waals surface area contributed by atoms with Crippen LogP contribution in [-0.4, -0.2) is 36.4 Å². The second kappa shape index (κ2) is 2.41. The van der Waals surface area contributed by atoms with Gasteiger partial charge in [-0.1, -0.05) is 0 Å². The Labute approximate surface area is 63.2 Å². The number of carbonyl (C=O) groups is 1. The number of carbonyl (C=O) groups excluding carboxylic acids is 1. The quantitative estimate of drug-likeness (QED) is 0.584. The maximum Gasteiger partial charge on any atom is 0.262 e. The largest absolute Gasteiger partial charge is 0.368 e. The summed E-state index contributed by atoms with van der Waals surface area (Å²) in [5.74, 6) is -3.43. The SMILES string of the molecule is CN1CC(F)(F)C[C@H]1C(N)=O. The first-order valence-electron chi connectivity index (χ1n) is 3.30. The van der Waals surface area contributed by atoms with Crippen LogP contribution in [-0.2, 0) is 4.79 Å². The molecule has 1 fully saturated rings. The lowest BCUT2D eigenvalue weighted by Crippen LogP contribution is -2.37. The molecule has 0 bridgehead atoms. The van der Waals surface area contributed by atoms with E-state index < -0.39 is 24.3 Å². The second-order valence-electron chi connectivity index (χ2n) is 2.89.